The van der Waals surface area contributed by atoms with E-state index in [0.717, 1.165) is 21.3 Å². The van der Waals surface area contributed by atoms with Crippen molar-refractivity contribution in [2.75, 3.05) is 87.8 Å². The van der Waals surface area contributed by atoms with E-state index in [0.29, 0.717) is 65.5 Å². The zero-order valence-electron chi connectivity index (χ0n) is 24.0. The third-order valence-electron chi connectivity index (χ3n) is 5.61. The highest BCUT2D eigenvalue weighted by Gasteiger charge is 2.48. The first-order valence-electron chi connectivity index (χ1n) is 13.0. The Morgan fingerprint density at radius 1 is 0.850 bits per heavy atom. The van der Waals surface area contributed by atoms with Crippen LogP contribution in [0.1, 0.15) is 26.2 Å². The monoisotopic (exact) mass is 627 g/mol. The van der Waals surface area contributed by atoms with Gasteiger partial charge in [0.05, 0.1) is 65.1 Å². The van der Waals surface area contributed by atoms with Crippen molar-refractivity contribution in [3.8, 4) is 0 Å². The summed E-state index contributed by atoms with van der Waals surface area (Å²) in [6.07, 6.45) is -3.35. The van der Waals surface area contributed by atoms with Crippen LogP contribution in [0.2, 0.25) is 0 Å². The zero-order chi connectivity index (χ0) is 29.9. The van der Waals surface area contributed by atoms with Crippen LogP contribution in [-0.4, -0.2) is 129 Å². The van der Waals surface area contributed by atoms with Gasteiger partial charge in [-0.05, 0) is 26.2 Å². The molecule has 0 aromatic heterocycles. The van der Waals surface area contributed by atoms with Crippen LogP contribution in [0.5, 0.6) is 0 Å². The quantitative estimate of drug-likeness (QED) is 0.0709. The van der Waals surface area contributed by atoms with E-state index in [9.17, 15) is 19.3 Å². The first kappa shape index (κ1) is 37.9. The number of unbranched alkanes of at least 4 members (excludes halogenated alkanes) is 1. The summed E-state index contributed by atoms with van der Waals surface area (Å²) in [6, 6.07) is 0. The minimum atomic E-state index is -4.20. The van der Waals surface area contributed by atoms with E-state index in [1.165, 1.54) is 0 Å². The number of hydrogen-bond acceptors (Lipinski definition) is 16. The number of ether oxygens (including phenoxy) is 4. The maximum Gasteiger partial charge on any atom is 0.475 e. The van der Waals surface area contributed by atoms with Gasteiger partial charge < -0.3 is 29.2 Å². The molecule has 0 aliphatic carbocycles. The van der Waals surface area contributed by atoms with Crippen molar-refractivity contribution < 1.29 is 70.3 Å². The van der Waals surface area contributed by atoms with Gasteiger partial charge in [-0.3, -0.25) is 32.0 Å². The molecule has 1 heterocycles. The molecule has 16 nitrogen and oxygen atoms in total. The molecule has 0 aromatic carbocycles. The number of nitrogens with one attached hydrogen (secondary N) is 1. The SMILES string of the molecule is CNOCCOCCOCCOCCCCC(O)COP(=O)(OC)OC1C(COP(=O)(OC)OC)OC(C)C1O. The van der Waals surface area contributed by atoms with Gasteiger partial charge in [0.1, 0.15) is 18.3 Å². The Hall–Kier alpha value is -0.100. The van der Waals surface area contributed by atoms with Crippen molar-refractivity contribution in [2.24, 2.45) is 0 Å². The van der Waals surface area contributed by atoms with E-state index in [-0.39, 0.29) is 13.2 Å². The predicted octanol–water partition coefficient (Wildman–Crippen LogP) is 1.44. The molecule has 240 valence electrons. The molecular formula is C22H47NO15P2. The fraction of sp³-hybridized carbons (Fsp3) is 1.00. The second-order valence-electron chi connectivity index (χ2n) is 8.51. The van der Waals surface area contributed by atoms with Crippen molar-refractivity contribution in [1.29, 1.82) is 0 Å². The number of hydroxylamine groups is 1. The minimum absolute atomic E-state index is 0.327. The van der Waals surface area contributed by atoms with E-state index >= 15 is 0 Å². The molecule has 0 spiro atoms. The lowest BCUT2D eigenvalue weighted by Crippen LogP contribution is -2.36. The summed E-state index contributed by atoms with van der Waals surface area (Å²) in [7, 11) is -2.93. The number of rotatable bonds is 26. The van der Waals surface area contributed by atoms with Crippen LogP contribution in [0, 0.1) is 0 Å². The van der Waals surface area contributed by atoms with E-state index in [1.807, 2.05) is 0 Å². The largest absolute Gasteiger partial charge is 0.475 e. The molecule has 3 N–H and O–H groups in total. The Kier molecular flexibility index (Phi) is 20.4. The topological polar surface area (TPSA) is 188 Å². The zero-order valence-corrected chi connectivity index (χ0v) is 25.8. The Morgan fingerprint density at radius 3 is 2.00 bits per heavy atom. The second-order valence-corrected chi connectivity index (χ2v) is 12.1. The molecule has 6 atom stereocenters. The highest BCUT2D eigenvalue weighted by Crippen LogP contribution is 2.53. The Bertz CT molecular complexity index is 728. The van der Waals surface area contributed by atoms with Gasteiger partial charge in [-0.2, -0.15) is 0 Å². The van der Waals surface area contributed by atoms with E-state index in [4.69, 9.17) is 50.9 Å². The fourth-order valence-corrected chi connectivity index (χ4v) is 5.25. The molecule has 0 bridgehead atoms. The molecule has 0 radical (unpaired) electrons. The average Bonchev–Trinajstić information content (AvgIpc) is 3.22. The Balaban J connectivity index is 2.26. The van der Waals surface area contributed by atoms with Crippen molar-refractivity contribution in [3.05, 3.63) is 0 Å². The van der Waals surface area contributed by atoms with Crippen molar-refractivity contribution in [1.82, 2.24) is 5.48 Å². The third-order valence-corrected chi connectivity index (χ3v) is 8.38. The van der Waals surface area contributed by atoms with Crippen LogP contribution in [0.4, 0.5) is 0 Å². The number of aliphatic hydroxyl groups excluding tert-OH is 2. The van der Waals surface area contributed by atoms with Crippen molar-refractivity contribution in [3.63, 3.8) is 0 Å². The maximum absolute atomic E-state index is 13.0. The predicted molar refractivity (Wildman–Crippen MR) is 141 cm³/mol. The number of hydrogen-bond donors (Lipinski definition) is 3. The van der Waals surface area contributed by atoms with Crippen molar-refractivity contribution >= 4 is 15.6 Å². The standard InChI is InChI=1S/C22H47NO15P2/c1-18-21(25)22(20(37-18)17-36-39(26,28-3)29-4)38-40(27,30-5)35-16-19(24)8-6-7-9-31-10-11-32-12-13-33-14-15-34-23-2/h18-25H,6-17H2,1-5H3. The molecule has 1 aliphatic rings. The first-order chi connectivity index (χ1) is 19.1. The minimum Gasteiger partial charge on any atom is -0.391 e. The van der Waals surface area contributed by atoms with Gasteiger partial charge in [0, 0.05) is 35.0 Å². The average molecular weight is 628 g/mol. The number of phosphoric acid groups is 2. The van der Waals surface area contributed by atoms with Gasteiger partial charge >= 0.3 is 15.6 Å². The summed E-state index contributed by atoms with van der Waals surface area (Å²) in [6.45, 7) is 4.17. The molecule has 0 aromatic rings. The van der Waals surface area contributed by atoms with Crippen LogP contribution >= 0.6 is 15.6 Å². The van der Waals surface area contributed by atoms with Gasteiger partial charge in [-0.1, -0.05) is 0 Å². The van der Waals surface area contributed by atoms with Crippen LogP contribution in [0.15, 0.2) is 0 Å². The lowest BCUT2D eigenvalue weighted by atomic mass is 10.1. The lowest BCUT2D eigenvalue weighted by Gasteiger charge is -2.26. The summed E-state index contributed by atoms with van der Waals surface area (Å²) >= 11 is 0. The summed E-state index contributed by atoms with van der Waals surface area (Å²) < 4.78 is 77.2. The second kappa shape index (κ2) is 21.6. The summed E-state index contributed by atoms with van der Waals surface area (Å²) in [5.74, 6) is 0. The smallest absolute Gasteiger partial charge is 0.391 e. The van der Waals surface area contributed by atoms with Crippen molar-refractivity contribution in [2.45, 2.75) is 56.7 Å². The molecule has 0 saturated carbocycles. The van der Waals surface area contributed by atoms with Crippen LogP contribution in [0.25, 0.3) is 0 Å². The van der Waals surface area contributed by atoms with Crippen LogP contribution in [-0.2, 0) is 60.1 Å². The van der Waals surface area contributed by atoms with Gasteiger partial charge in [0.2, 0.25) is 0 Å². The molecule has 1 saturated heterocycles. The van der Waals surface area contributed by atoms with E-state index < -0.39 is 46.2 Å². The summed E-state index contributed by atoms with van der Waals surface area (Å²) in [5.41, 5.74) is 2.56. The first-order valence-corrected chi connectivity index (χ1v) is 15.9. The lowest BCUT2D eigenvalue weighted by molar-refractivity contribution is -0.0265. The van der Waals surface area contributed by atoms with Gasteiger partial charge in [-0.15, -0.1) is 0 Å². The van der Waals surface area contributed by atoms with E-state index in [1.54, 1.807) is 14.0 Å². The summed E-state index contributed by atoms with van der Waals surface area (Å²) in [5, 5.41) is 20.7. The van der Waals surface area contributed by atoms with Crippen LogP contribution in [0.3, 0.4) is 0 Å². The molecule has 1 aliphatic heterocycles. The molecular weight excluding hydrogens is 580 g/mol. The number of aliphatic hydroxyl groups is 2. The van der Waals surface area contributed by atoms with Crippen LogP contribution < -0.4 is 5.48 Å². The Morgan fingerprint density at radius 2 is 1.43 bits per heavy atom. The molecule has 6 unspecified atom stereocenters. The van der Waals surface area contributed by atoms with Gasteiger partial charge in [0.25, 0.3) is 0 Å². The highest BCUT2D eigenvalue weighted by molar-refractivity contribution is 7.48. The van der Waals surface area contributed by atoms with Gasteiger partial charge in [0.15, 0.2) is 0 Å². The summed E-state index contributed by atoms with van der Waals surface area (Å²) in [4.78, 5) is 4.92. The highest BCUT2D eigenvalue weighted by atomic mass is 31.2. The molecule has 1 rings (SSSR count). The fourth-order valence-electron chi connectivity index (χ4n) is 3.39. The molecule has 18 heteroatoms. The normalized spacial score (nSPS) is 23.9. The van der Waals surface area contributed by atoms with E-state index in [2.05, 4.69) is 5.48 Å². The third kappa shape index (κ3) is 15.4. The van der Waals surface area contributed by atoms with Gasteiger partial charge in [-0.25, -0.2) is 14.6 Å². The Labute approximate surface area is 236 Å². The molecule has 0 amide bonds. The maximum atomic E-state index is 13.0. The molecule has 40 heavy (non-hydrogen) atoms. The number of phosphoric ester groups is 2. The molecule has 1 fully saturated rings.